The highest BCUT2D eigenvalue weighted by molar-refractivity contribution is 7.25. The highest BCUT2D eigenvalue weighted by Gasteiger charge is 2.41. The maximum absolute atomic E-state index is 3.22. The minimum Gasteiger partial charge on any atom is -0.324 e. The van der Waals surface area contributed by atoms with E-state index >= 15 is 0 Å². The Morgan fingerprint density at radius 2 is 1.45 bits per heavy atom. The SMILES string of the molecule is CN1[C]N(C)B2C=CC=CB21. The zero-order chi connectivity index (χ0) is 7.84. The third-order valence-corrected chi connectivity index (χ3v) is 2.29. The monoisotopic (exact) mass is 144 g/mol. The van der Waals surface area contributed by atoms with Gasteiger partial charge in [-0.15, -0.1) is 12.0 Å². The van der Waals surface area contributed by atoms with Crippen molar-refractivity contribution in [3.8, 4) is 0 Å². The Morgan fingerprint density at radius 1 is 1.00 bits per heavy atom. The molecule has 4 heteroatoms. The summed E-state index contributed by atoms with van der Waals surface area (Å²) < 4.78 is 0. The molecule has 1 saturated heterocycles. The van der Waals surface area contributed by atoms with Crippen LogP contribution < -0.4 is 0 Å². The molecule has 0 atom stereocenters. The molecule has 0 saturated carbocycles. The summed E-state index contributed by atoms with van der Waals surface area (Å²) in [5, 5.41) is 0. The largest absolute Gasteiger partial charge is 0.324 e. The van der Waals surface area contributed by atoms with E-state index in [4.69, 9.17) is 0 Å². The summed E-state index contributed by atoms with van der Waals surface area (Å²) in [6.07, 6.45) is 4.19. The Balaban J connectivity index is 2.23. The summed E-state index contributed by atoms with van der Waals surface area (Å²) >= 11 is 0. The van der Waals surface area contributed by atoms with Gasteiger partial charge >= 0.3 is 0 Å². The zero-order valence-electron chi connectivity index (χ0n) is 6.86. The normalized spacial score (nSPS) is 24.9. The van der Waals surface area contributed by atoms with Gasteiger partial charge in [0.25, 0.3) is 0 Å². The molecule has 0 bridgehead atoms. The van der Waals surface area contributed by atoms with Crippen molar-refractivity contribution in [1.29, 1.82) is 0 Å². The number of hydrogen-bond acceptors (Lipinski definition) is 2. The Bertz CT molecular complexity index is 192. The molecule has 2 aliphatic heterocycles. The van der Waals surface area contributed by atoms with Crippen LogP contribution in [-0.4, -0.2) is 37.2 Å². The van der Waals surface area contributed by atoms with Crippen molar-refractivity contribution in [2.24, 2.45) is 0 Å². The molecule has 0 aliphatic carbocycles. The van der Waals surface area contributed by atoms with Gasteiger partial charge in [0.2, 0.25) is 13.5 Å². The second-order valence-corrected chi connectivity index (χ2v) is 3.07. The van der Waals surface area contributed by atoms with Crippen molar-refractivity contribution in [2.75, 3.05) is 14.1 Å². The molecule has 54 valence electrons. The molecule has 2 nitrogen and oxygen atoms in total. The lowest BCUT2D eigenvalue weighted by Gasteiger charge is -2.14. The molecule has 2 heterocycles. The third kappa shape index (κ3) is 1.06. The highest BCUT2D eigenvalue weighted by atomic mass is 15.3. The fourth-order valence-corrected chi connectivity index (χ4v) is 1.68. The molecule has 0 aromatic heterocycles. The van der Waals surface area contributed by atoms with Gasteiger partial charge < -0.3 is 9.62 Å². The van der Waals surface area contributed by atoms with E-state index in [1.165, 1.54) is 0 Å². The zero-order valence-corrected chi connectivity index (χ0v) is 6.86. The molecule has 11 heavy (non-hydrogen) atoms. The van der Waals surface area contributed by atoms with E-state index in [9.17, 15) is 0 Å². The fourth-order valence-electron chi connectivity index (χ4n) is 1.68. The van der Waals surface area contributed by atoms with E-state index in [0.29, 0.717) is 13.5 Å². The quantitative estimate of drug-likeness (QED) is 0.445. The minimum absolute atomic E-state index is 0.491. The molecular weight excluding hydrogens is 134 g/mol. The van der Waals surface area contributed by atoms with E-state index < -0.39 is 0 Å². The van der Waals surface area contributed by atoms with E-state index in [-0.39, 0.29) is 0 Å². The lowest BCUT2D eigenvalue weighted by atomic mass is 9.20. The third-order valence-electron chi connectivity index (χ3n) is 2.29. The second kappa shape index (κ2) is 2.54. The van der Waals surface area contributed by atoms with Gasteiger partial charge in [0.15, 0.2) is 0 Å². The summed E-state index contributed by atoms with van der Waals surface area (Å²) in [5.74, 6) is 4.42. The summed E-state index contributed by atoms with van der Waals surface area (Å²) in [6.45, 7) is 4.20. The molecule has 2 radical (unpaired) electrons. The van der Waals surface area contributed by atoms with E-state index in [2.05, 4.69) is 54.5 Å². The Labute approximate surface area is 68.7 Å². The first-order valence-electron chi connectivity index (χ1n) is 3.86. The van der Waals surface area contributed by atoms with Gasteiger partial charge in [-0.25, -0.2) is 0 Å². The standard InChI is InChI=1S/C7H10B2N2/c1-10-7-11(2)9-6-4-3-5-8(9)10/h3-6H,1-2H3. The molecule has 0 amide bonds. The minimum atomic E-state index is 0.491. The number of rotatable bonds is 0. The first-order valence-corrected chi connectivity index (χ1v) is 3.86. The predicted octanol–water partition coefficient (Wildman–Crippen LogP) is 0.126. The molecule has 0 spiro atoms. The molecule has 0 aromatic carbocycles. The van der Waals surface area contributed by atoms with Crippen molar-refractivity contribution in [2.45, 2.75) is 0 Å². The van der Waals surface area contributed by atoms with Crippen molar-refractivity contribution in [1.82, 2.24) is 9.62 Å². The average molecular weight is 144 g/mol. The molecule has 2 rings (SSSR count). The highest BCUT2D eigenvalue weighted by Crippen LogP contribution is 2.18. The molecule has 1 fully saturated rings. The van der Waals surface area contributed by atoms with Crippen LogP contribution in [0.5, 0.6) is 0 Å². The summed E-state index contributed by atoms with van der Waals surface area (Å²) in [7, 11) is 4.12. The van der Waals surface area contributed by atoms with Gasteiger partial charge in [0.1, 0.15) is 6.67 Å². The lowest BCUT2D eigenvalue weighted by Crippen LogP contribution is -2.42. The van der Waals surface area contributed by atoms with E-state index in [1.54, 1.807) is 0 Å². The lowest BCUT2D eigenvalue weighted by molar-refractivity contribution is 0.499. The number of fused-ring (bicyclic) bond motifs is 1. The van der Waals surface area contributed by atoms with Crippen molar-refractivity contribution >= 4 is 13.5 Å². The first kappa shape index (κ1) is 7.19. The maximum atomic E-state index is 3.22. The van der Waals surface area contributed by atoms with Crippen molar-refractivity contribution in [3.05, 3.63) is 30.8 Å². The van der Waals surface area contributed by atoms with Crippen LogP contribution in [0.4, 0.5) is 0 Å². The summed E-state index contributed by atoms with van der Waals surface area (Å²) in [6, 6.07) is 0. The van der Waals surface area contributed by atoms with Gasteiger partial charge in [-0.05, 0) is 14.1 Å². The number of allylic oxidation sites excluding steroid dienone is 2. The average Bonchev–Trinajstić information content (AvgIpc) is 2.30. The van der Waals surface area contributed by atoms with Crippen LogP contribution in [-0.2, 0) is 0 Å². The van der Waals surface area contributed by atoms with Crippen LogP contribution in [0.1, 0.15) is 0 Å². The predicted molar refractivity (Wildman–Crippen MR) is 48.6 cm³/mol. The van der Waals surface area contributed by atoms with Gasteiger partial charge in [0, 0.05) is 0 Å². The summed E-state index contributed by atoms with van der Waals surface area (Å²) in [4.78, 5) is 4.23. The van der Waals surface area contributed by atoms with Gasteiger partial charge in [-0.3, -0.25) is 0 Å². The van der Waals surface area contributed by atoms with Gasteiger partial charge in [-0.2, -0.15) is 0 Å². The van der Waals surface area contributed by atoms with Crippen LogP contribution in [0.3, 0.4) is 0 Å². The van der Waals surface area contributed by atoms with Crippen LogP contribution >= 0.6 is 0 Å². The smallest absolute Gasteiger partial charge is 0.241 e. The van der Waals surface area contributed by atoms with Crippen LogP contribution in [0, 0.1) is 6.67 Å². The van der Waals surface area contributed by atoms with Crippen molar-refractivity contribution < 1.29 is 0 Å². The summed E-state index contributed by atoms with van der Waals surface area (Å²) in [5.41, 5.74) is 0. The second-order valence-electron chi connectivity index (χ2n) is 3.07. The Kier molecular flexibility index (Phi) is 1.66. The van der Waals surface area contributed by atoms with E-state index in [1.807, 2.05) is 0 Å². The molecule has 0 N–H and O–H groups in total. The number of hydrogen-bond donors (Lipinski definition) is 0. The topological polar surface area (TPSA) is 6.48 Å². The first-order chi connectivity index (χ1) is 5.29. The number of nitrogens with zero attached hydrogens (tertiary/aromatic N) is 2. The van der Waals surface area contributed by atoms with Gasteiger partial charge in [0.05, 0.1) is 0 Å². The van der Waals surface area contributed by atoms with E-state index in [0.717, 1.165) is 0 Å². The Morgan fingerprint density at radius 3 is 1.91 bits per heavy atom. The van der Waals surface area contributed by atoms with Gasteiger partial charge in [-0.1, -0.05) is 12.2 Å². The fraction of sp³-hybridized carbons (Fsp3) is 0.286. The van der Waals surface area contributed by atoms with Crippen LogP contribution in [0.25, 0.3) is 0 Å². The molecule has 0 aromatic rings. The Hall–Kier alpha value is -0.470. The molecule has 0 unspecified atom stereocenters. The van der Waals surface area contributed by atoms with Crippen LogP contribution in [0.2, 0.25) is 0 Å². The van der Waals surface area contributed by atoms with Crippen LogP contribution in [0.15, 0.2) is 24.1 Å². The van der Waals surface area contributed by atoms with Crippen molar-refractivity contribution in [3.63, 3.8) is 0 Å². The molecular formula is C7H10B2N2. The molecule has 2 aliphatic rings. The maximum Gasteiger partial charge on any atom is 0.241 e.